The lowest BCUT2D eigenvalue weighted by atomic mass is 10.0. The Morgan fingerprint density at radius 1 is 1.00 bits per heavy atom. The van der Waals surface area contributed by atoms with E-state index in [1.54, 1.807) is 42.5 Å². The summed E-state index contributed by atoms with van der Waals surface area (Å²) >= 11 is 10.0. The highest BCUT2D eigenvalue weighted by Gasteiger charge is 2.41. The predicted molar refractivity (Wildman–Crippen MR) is 137 cm³/mol. The van der Waals surface area contributed by atoms with Crippen molar-refractivity contribution in [2.24, 2.45) is 0 Å². The van der Waals surface area contributed by atoms with Crippen LogP contribution in [-0.2, 0) is 22.4 Å². The van der Waals surface area contributed by atoms with Crippen molar-refractivity contribution in [3.63, 3.8) is 0 Å². The largest absolute Gasteiger partial charge is 0.465 e. The molecule has 1 aliphatic heterocycles. The minimum Gasteiger partial charge on any atom is -0.465 e. The lowest BCUT2D eigenvalue weighted by Gasteiger charge is -2.31. The second-order valence-corrected chi connectivity index (χ2v) is 9.61. The summed E-state index contributed by atoms with van der Waals surface area (Å²) in [7, 11) is 1.25. The molecule has 0 bridgehead atoms. The highest BCUT2D eigenvalue weighted by Crippen LogP contribution is 2.31. The molecule has 0 saturated carbocycles. The topological polar surface area (TPSA) is 104 Å². The van der Waals surface area contributed by atoms with E-state index in [0.717, 1.165) is 9.21 Å². The van der Waals surface area contributed by atoms with E-state index < -0.39 is 35.1 Å². The Morgan fingerprint density at radius 2 is 1.61 bits per heavy atom. The maximum Gasteiger partial charge on any atom is 0.337 e. The van der Waals surface area contributed by atoms with Crippen LogP contribution in [0.3, 0.4) is 0 Å². The summed E-state index contributed by atoms with van der Waals surface area (Å²) in [6, 6.07) is 16.4. The first kappa shape index (κ1) is 25.8. The van der Waals surface area contributed by atoms with Gasteiger partial charge in [-0.15, -0.1) is 0 Å². The molecule has 1 aliphatic rings. The van der Waals surface area contributed by atoms with Crippen LogP contribution in [0, 0.1) is 0 Å². The number of imide groups is 1. The number of esters is 1. The third kappa shape index (κ3) is 5.01. The Labute approximate surface area is 219 Å². The second kappa shape index (κ2) is 10.8. The van der Waals surface area contributed by atoms with Gasteiger partial charge < -0.3 is 4.74 Å². The van der Waals surface area contributed by atoms with Gasteiger partial charge in [-0.25, -0.2) is 9.00 Å². The van der Waals surface area contributed by atoms with Crippen molar-refractivity contribution in [3.8, 4) is 0 Å². The number of nitrogens with zero attached hydrogens (tertiary/aromatic N) is 2. The molecular weight excluding hydrogens is 527 g/mol. The summed E-state index contributed by atoms with van der Waals surface area (Å²) < 4.78 is 28.3. The molecule has 3 aromatic rings. The molecule has 2 unspecified atom stereocenters. The zero-order valence-corrected chi connectivity index (χ0v) is 21.2. The van der Waals surface area contributed by atoms with Crippen LogP contribution in [0.15, 0.2) is 66.7 Å². The molecule has 36 heavy (non-hydrogen) atoms. The smallest absolute Gasteiger partial charge is 0.337 e. The van der Waals surface area contributed by atoms with Crippen LogP contribution in [0.2, 0.25) is 10.0 Å². The van der Waals surface area contributed by atoms with Gasteiger partial charge in [-0.3, -0.25) is 23.3 Å². The SMILES string of the molecule is COC(=O)c1ccc(N(CC(Cc2cccc(Cl)c2Cl)N2C(=O)c3ccccc3C2=O)S(=O)O)cc1. The van der Waals surface area contributed by atoms with Gasteiger partial charge in [-0.2, -0.15) is 0 Å². The van der Waals surface area contributed by atoms with Crippen LogP contribution in [0.1, 0.15) is 36.6 Å². The fraction of sp³-hybridized carbons (Fsp3) is 0.160. The zero-order valence-electron chi connectivity index (χ0n) is 18.9. The molecular formula is C25H20Cl2N2O6S. The second-order valence-electron chi connectivity index (χ2n) is 7.93. The summed E-state index contributed by atoms with van der Waals surface area (Å²) in [5.74, 6) is -1.58. The molecule has 3 aromatic carbocycles. The fourth-order valence-corrected chi connectivity index (χ4v) is 5.07. The van der Waals surface area contributed by atoms with Crippen molar-refractivity contribution in [1.29, 1.82) is 0 Å². The number of methoxy groups -OCH3 is 1. The number of carbonyl (C=O) groups is 3. The molecule has 0 aromatic heterocycles. The van der Waals surface area contributed by atoms with Crippen molar-refractivity contribution >= 4 is 57.9 Å². The number of hydrogen-bond acceptors (Lipinski definition) is 5. The molecule has 8 nitrogen and oxygen atoms in total. The Bertz CT molecular complexity index is 1330. The molecule has 0 aliphatic carbocycles. The van der Waals surface area contributed by atoms with Crippen molar-refractivity contribution in [2.45, 2.75) is 12.5 Å². The van der Waals surface area contributed by atoms with Crippen molar-refractivity contribution in [2.75, 3.05) is 18.0 Å². The van der Waals surface area contributed by atoms with E-state index in [9.17, 15) is 23.1 Å². The van der Waals surface area contributed by atoms with Crippen molar-refractivity contribution in [1.82, 2.24) is 4.90 Å². The number of fused-ring (bicyclic) bond motifs is 1. The van der Waals surface area contributed by atoms with E-state index in [1.165, 1.54) is 31.4 Å². The van der Waals surface area contributed by atoms with E-state index >= 15 is 0 Å². The van der Waals surface area contributed by atoms with Crippen molar-refractivity contribution < 1.29 is 27.9 Å². The van der Waals surface area contributed by atoms with E-state index in [1.807, 2.05) is 0 Å². The van der Waals surface area contributed by atoms with Crippen LogP contribution in [0.4, 0.5) is 5.69 Å². The average Bonchev–Trinajstić information content (AvgIpc) is 3.13. The lowest BCUT2D eigenvalue weighted by molar-refractivity contribution is 0.0581. The number of anilines is 1. The monoisotopic (exact) mass is 546 g/mol. The third-order valence-electron chi connectivity index (χ3n) is 5.82. The molecule has 0 spiro atoms. The van der Waals surface area contributed by atoms with Gasteiger partial charge in [-0.05, 0) is 54.4 Å². The highest BCUT2D eigenvalue weighted by molar-refractivity contribution is 7.80. The van der Waals surface area contributed by atoms with E-state index in [-0.39, 0.29) is 34.7 Å². The molecule has 1 N–H and O–H groups in total. The van der Waals surface area contributed by atoms with Crippen LogP contribution in [0.25, 0.3) is 0 Å². The number of carbonyl (C=O) groups excluding carboxylic acids is 3. The van der Waals surface area contributed by atoms with Gasteiger partial charge in [0, 0.05) is 0 Å². The van der Waals surface area contributed by atoms with Crippen LogP contribution in [-0.4, -0.2) is 51.1 Å². The maximum atomic E-state index is 13.3. The molecule has 2 atom stereocenters. The summed E-state index contributed by atoms with van der Waals surface area (Å²) in [5, 5.41) is 0.566. The van der Waals surface area contributed by atoms with Gasteiger partial charge in [0.25, 0.3) is 23.1 Å². The summed E-state index contributed by atoms with van der Waals surface area (Å²) in [4.78, 5) is 39.4. The van der Waals surface area contributed by atoms with Crippen LogP contribution in [0.5, 0.6) is 0 Å². The number of halogens is 2. The minimum absolute atomic E-state index is 0.0821. The molecule has 2 amide bonds. The minimum atomic E-state index is -2.53. The Balaban J connectivity index is 1.73. The van der Waals surface area contributed by atoms with Gasteiger partial charge in [-0.1, -0.05) is 47.5 Å². The summed E-state index contributed by atoms with van der Waals surface area (Å²) in [6.07, 6.45) is 0.0821. The maximum absolute atomic E-state index is 13.3. The van der Waals surface area contributed by atoms with Gasteiger partial charge in [0.15, 0.2) is 0 Å². The molecule has 0 radical (unpaired) electrons. The lowest BCUT2D eigenvalue weighted by Crippen LogP contribution is -2.48. The first-order valence-corrected chi connectivity index (χ1v) is 12.5. The summed E-state index contributed by atoms with van der Waals surface area (Å²) in [5.41, 5.74) is 1.62. The van der Waals surface area contributed by atoms with E-state index in [0.29, 0.717) is 16.3 Å². The average molecular weight is 547 g/mol. The molecule has 186 valence electrons. The Hall–Kier alpha value is -3.24. The van der Waals surface area contributed by atoms with Crippen LogP contribution >= 0.6 is 23.2 Å². The number of benzene rings is 3. The number of ether oxygens (including phenoxy) is 1. The van der Waals surface area contributed by atoms with Gasteiger partial charge in [0.2, 0.25) is 0 Å². The third-order valence-corrected chi connectivity index (χ3v) is 7.41. The molecule has 1 heterocycles. The first-order valence-electron chi connectivity index (χ1n) is 10.7. The normalized spacial score (nSPS) is 14.4. The molecule has 0 fully saturated rings. The number of amides is 2. The zero-order chi connectivity index (χ0) is 26.0. The van der Waals surface area contributed by atoms with Gasteiger partial charge >= 0.3 is 5.97 Å². The van der Waals surface area contributed by atoms with Gasteiger partial charge in [0.1, 0.15) is 0 Å². The fourth-order valence-electron chi connectivity index (χ4n) is 4.07. The predicted octanol–water partition coefficient (Wildman–Crippen LogP) is 4.63. The molecule has 11 heteroatoms. The number of rotatable bonds is 8. The van der Waals surface area contributed by atoms with Crippen molar-refractivity contribution in [3.05, 3.63) is 99.0 Å². The Kier molecular flexibility index (Phi) is 7.75. The molecule has 0 saturated heterocycles. The standard InChI is InChI=1S/C25H20Cl2N2O6S/c1-35-25(32)15-9-11-17(12-10-15)28(36(33)34)14-18(13-16-5-4-8-21(26)22(16)27)29-23(30)19-6-2-3-7-20(19)24(29)31/h2-12,18H,13-14H2,1H3,(H,33,34). The van der Waals surface area contributed by atoms with Gasteiger partial charge in [0.05, 0.1) is 52.1 Å². The highest BCUT2D eigenvalue weighted by atomic mass is 35.5. The first-order chi connectivity index (χ1) is 17.2. The summed E-state index contributed by atoms with van der Waals surface area (Å²) in [6.45, 7) is -0.199. The Morgan fingerprint density at radius 3 is 2.17 bits per heavy atom. The molecule has 4 rings (SSSR count). The van der Waals surface area contributed by atoms with E-state index in [2.05, 4.69) is 0 Å². The quantitative estimate of drug-likeness (QED) is 0.251. The van der Waals surface area contributed by atoms with E-state index in [4.69, 9.17) is 27.9 Å². The van der Waals surface area contributed by atoms with Crippen LogP contribution < -0.4 is 4.31 Å². The number of hydrogen-bond donors (Lipinski definition) is 1.